The van der Waals surface area contributed by atoms with Crippen molar-refractivity contribution in [2.75, 3.05) is 7.11 Å². The Morgan fingerprint density at radius 2 is 1.92 bits per heavy atom. The molecule has 0 heterocycles. The zero-order valence-corrected chi connectivity index (χ0v) is 14.7. The van der Waals surface area contributed by atoms with Crippen LogP contribution in [0.4, 0.5) is 0 Å². The zero-order chi connectivity index (χ0) is 18.4. The Morgan fingerprint density at radius 3 is 2.56 bits per heavy atom. The predicted octanol–water partition coefficient (Wildman–Crippen LogP) is 3.91. The first-order valence-corrected chi connectivity index (χ1v) is 8.13. The number of aromatic hydroxyl groups is 1. The number of carbonyl (C=O) groups excluding carboxylic acids is 2. The van der Waals surface area contributed by atoms with E-state index in [2.05, 4.69) is 0 Å². The third kappa shape index (κ3) is 4.38. The van der Waals surface area contributed by atoms with Crippen LogP contribution in [-0.4, -0.2) is 24.0 Å². The van der Waals surface area contributed by atoms with Gasteiger partial charge in [0.1, 0.15) is 18.1 Å². The number of methoxy groups -OCH3 is 1. The van der Waals surface area contributed by atoms with E-state index in [0.717, 1.165) is 12.0 Å². The molecule has 0 spiro atoms. The second-order valence-electron chi connectivity index (χ2n) is 5.73. The van der Waals surface area contributed by atoms with Gasteiger partial charge >= 0.3 is 5.97 Å². The van der Waals surface area contributed by atoms with Crippen molar-refractivity contribution in [1.82, 2.24) is 0 Å². The molecule has 5 nitrogen and oxygen atoms in total. The van der Waals surface area contributed by atoms with Gasteiger partial charge in [-0.3, -0.25) is 4.79 Å². The van der Waals surface area contributed by atoms with Gasteiger partial charge in [0.05, 0.1) is 18.2 Å². The summed E-state index contributed by atoms with van der Waals surface area (Å²) in [6.45, 7) is 3.65. The minimum atomic E-state index is -0.406. The van der Waals surface area contributed by atoms with Crippen molar-refractivity contribution >= 4 is 11.8 Å². The molecule has 0 aliphatic carbocycles. The monoisotopic (exact) mass is 342 g/mol. The van der Waals surface area contributed by atoms with Crippen LogP contribution < -0.4 is 4.74 Å². The SMILES string of the molecule is CCCc1c(OCc2cccc(C(=O)OC)c2)ccc(C(C)=O)c1O. The number of ketones is 1. The Balaban J connectivity index is 2.24. The molecule has 0 atom stereocenters. The largest absolute Gasteiger partial charge is 0.507 e. The van der Waals surface area contributed by atoms with Gasteiger partial charge in [0.2, 0.25) is 0 Å². The second kappa shape index (κ2) is 8.33. The normalized spacial score (nSPS) is 10.4. The van der Waals surface area contributed by atoms with E-state index >= 15 is 0 Å². The average molecular weight is 342 g/mol. The van der Waals surface area contributed by atoms with Crippen LogP contribution in [0.3, 0.4) is 0 Å². The van der Waals surface area contributed by atoms with Crippen LogP contribution in [0, 0.1) is 0 Å². The Hall–Kier alpha value is -2.82. The number of phenols is 1. The fourth-order valence-electron chi connectivity index (χ4n) is 2.60. The van der Waals surface area contributed by atoms with Gasteiger partial charge in [-0.1, -0.05) is 25.5 Å². The van der Waals surface area contributed by atoms with E-state index in [1.807, 2.05) is 13.0 Å². The first-order valence-electron chi connectivity index (χ1n) is 8.13. The molecule has 0 aliphatic rings. The van der Waals surface area contributed by atoms with E-state index in [4.69, 9.17) is 9.47 Å². The lowest BCUT2D eigenvalue weighted by atomic mass is 10.0. The molecule has 25 heavy (non-hydrogen) atoms. The summed E-state index contributed by atoms with van der Waals surface area (Å²) in [5.41, 5.74) is 2.18. The summed E-state index contributed by atoms with van der Waals surface area (Å²) in [7, 11) is 1.34. The molecule has 0 fully saturated rings. The molecular formula is C20H22O5. The summed E-state index contributed by atoms with van der Waals surface area (Å²) < 4.78 is 10.5. The highest BCUT2D eigenvalue weighted by molar-refractivity contribution is 5.97. The van der Waals surface area contributed by atoms with Crippen molar-refractivity contribution in [3.63, 3.8) is 0 Å². The molecule has 0 aromatic heterocycles. The highest BCUT2D eigenvalue weighted by Crippen LogP contribution is 2.33. The topological polar surface area (TPSA) is 72.8 Å². The van der Waals surface area contributed by atoms with Crippen molar-refractivity contribution in [2.24, 2.45) is 0 Å². The summed E-state index contributed by atoms with van der Waals surface area (Å²) in [6, 6.07) is 10.2. The molecule has 132 valence electrons. The van der Waals surface area contributed by atoms with E-state index in [9.17, 15) is 14.7 Å². The third-order valence-electron chi connectivity index (χ3n) is 3.86. The number of Topliss-reactive ketones (excluding diaryl/α,β-unsaturated/α-hetero) is 1. The van der Waals surface area contributed by atoms with E-state index in [1.54, 1.807) is 30.3 Å². The van der Waals surface area contributed by atoms with Gasteiger partial charge < -0.3 is 14.6 Å². The molecule has 2 aromatic rings. The quantitative estimate of drug-likeness (QED) is 0.610. The first kappa shape index (κ1) is 18.5. The van der Waals surface area contributed by atoms with Gasteiger partial charge in [-0.15, -0.1) is 0 Å². The van der Waals surface area contributed by atoms with E-state index in [1.165, 1.54) is 14.0 Å². The van der Waals surface area contributed by atoms with Crippen molar-refractivity contribution in [1.29, 1.82) is 0 Å². The molecule has 0 bridgehead atoms. The molecule has 0 amide bonds. The van der Waals surface area contributed by atoms with Crippen LogP contribution in [0.15, 0.2) is 36.4 Å². The fraction of sp³-hybridized carbons (Fsp3) is 0.300. The average Bonchev–Trinajstić information content (AvgIpc) is 2.61. The molecule has 0 unspecified atom stereocenters. The van der Waals surface area contributed by atoms with E-state index in [0.29, 0.717) is 28.9 Å². The Labute approximate surface area is 147 Å². The van der Waals surface area contributed by atoms with Gasteiger partial charge in [-0.25, -0.2) is 4.79 Å². The molecule has 0 saturated heterocycles. The summed E-state index contributed by atoms with van der Waals surface area (Å²) in [5.74, 6) is -0.0767. The molecule has 2 aromatic carbocycles. The summed E-state index contributed by atoms with van der Waals surface area (Å²) in [5, 5.41) is 10.4. The van der Waals surface area contributed by atoms with Gasteiger partial charge in [-0.2, -0.15) is 0 Å². The number of ether oxygens (including phenoxy) is 2. The van der Waals surface area contributed by atoms with Crippen LogP contribution >= 0.6 is 0 Å². The Morgan fingerprint density at radius 1 is 1.16 bits per heavy atom. The lowest BCUT2D eigenvalue weighted by Crippen LogP contribution is -2.04. The Kier molecular flexibility index (Phi) is 6.17. The fourth-order valence-corrected chi connectivity index (χ4v) is 2.60. The number of benzene rings is 2. The minimum Gasteiger partial charge on any atom is -0.507 e. The molecule has 5 heteroatoms. The molecule has 2 rings (SSSR count). The van der Waals surface area contributed by atoms with Crippen molar-refractivity contribution in [3.8, 4) is 11.5 Å². The number of phenolic OH excluding ortho intramolecular Hbond substituents is 1. The number of rotatable bonds is 7. The highest BCUT2D eigenvalue weighted by atomic mass is 16.5. The number of hydrogen-bond donors (Lipinski definition) is 1. The standard InChI is InChI=1S/C20H22O5/c1-4-6-17-18(10-9-16(13(2)21)19(17)22)25-12-14-7-5-8-15(11-14)20(23)24-3/h5,7-11,22H,4,6,12H2,1-3H3. The van der Waals surface area contributed by atoms with Crippen LogP contribution in [0.25, 0.3) is 0 Å². The van der Waals surface area contributed by atoms with Crippen LogP contribution in [0.5, 0.6) is 11.5 Å². The Bertz CT molecular complexity index is 780. The maximum absolute atomic E-state index is 11.6. The highest BCUT2D eigenvalue weighted by Gasteiger charge is 2.16. The minimum absolute atomic E-state index is 0.0184. The smallest absolute Gasteiger partial charge is 0.337 e. The van der Waals surface area contributed by atoms with E-state index in [-0.39, 0.29) is 18.1 Å². The summed E-state index contributed by atoms with van der Waals surface area (Å²) in [4.78, 5) is 23.2. The first-order chi connectivity index (χ1) is 12.0. The van der Waals surface area contributed by atoms with Gasteiger partial charge in [0.25, 0.3) is 0 Å². The summed E-state index contributed by atoms with van der Waals surface area (Å²) in [6.07, 6.45) is 1.41. The molecule has 1 N–H and O–H groups in total. The number of esters is 1. The molecule has 0 saturated carbocycles. The van der Waals surface area contributed by atoms with Gasteiger partial charge in [-0.05, 0) is 43.2 Å². The molecular weight excluding hydrogens is 320 g/mol. The van der Waals surface area contributed by atoms with E-state index < -0.39 is 5.97 Å². The number of carbonyl (C=O) groups is 2. The lowest BCUT2D eigenvalue weighted by molar-refractivity contribution is 0.0600. The molecule has 0 aliphatic heterocycles. The molecule has 0 radical (unpaired) electrons. The van der Waals surface area contributed by atoms with Crippen molar-refractivity contribution in [3.05, 3.63) is 58.7 Å². The maximum Gasteiger partial charge on any atom is 0.337 e. The van der Waals surface area contributed by atoms with Crippen LogP contribution in [-0.2, 0) is 17.8 Å². The summed E-state index contributed by atoms with van der Waals surface area (Å²) >= 11 is 0. The van der Waals surface area contributed by atoms with Gasteiger partial charge in [0.15, 0.2) is 5.78 Å². The lowest BCUT2D eigenvalue weighted by Gasteiger charge is -2.15. The zero-order valence-electron chi connectivity index (χ0n) is 14.7. The third-order valence-corrected chi connectivity index (χ3v) is 3.86. The van der Waals surface area contributed by atoms with Crippen molar-refractivity contribution < 1.29 is 24.2 Å². The predicted molar refractivity (Wildman–Crippen MR) is 94.2 cm³/mol. The maximum atomic E-state index is 11.6. The number of hydrogen-bond acceptors (Lipinski definition) is 5. The van der Waals surface area contributed by atoms with Crippen LogP contribution in [0.2, 0.25) is 0 Å². The van der Waals surface area contributed by atoms with Gasteiger partial charge in [0, 0.05) is 5.56 Å². The van der Waals surface area contributed by atoms with Crippen molar-refractivity contribution in [2.45, 2.75) is 33.3 Å². The van der Waals surface area contributed by atoms with Crippen LogP contribution in [0.1, 0.15) is 52.1 Å². The second-order valence-corrected chi connectivity index (χ2v) is 5.73.